The van der Waals surface area contributed by atoms with E-state index in [0.717, 1.165) is 25.1 Å². The molecule has 2 atom stereocenters. The first-order chi connectivity index (χ1) is 18.3. The Labute approximate surface area is 226 Å². The summed E-state index contributed by atoms with van der Waals surface area (Å²) in [5.74, 6) is 0.241. The second-order valence-electron chi connectivity index (χ2n) is 10.7. The zero-order valence-corrected chi connectivity index (χ0v) is 23.6. The van der Waals surface area contributed by atoms with Gasteiger partial charge in [-0.3, -0.25) is 4.98 Å². The summed E-state index contributed by atoms with van der Waals surface area (Å²) in [5, 5.41) is 2.73. The van der Waals surface area contributed by atoms with Crippen molar-refractivity contribution in [3.8, 4) is 0 Å². The number of alkyl carbamates (subject to hydrolysis) is 1. The topological polar surface area (TPSA) is 69.7 Å². The lowest BCUT2D eigenvalue weighted by Gasteiger charge is -2.11. The predicted octanol–water partition coefficient (Wildman–Crippen LogP) is 7.99. The summed E-state index contributed by atoms with van der Waals surface area (Å²) >= 11 is 0. The molecule has 2 unspecified atom stereocenters. The highest BCUT2D eigenvalue weighted by molar-refractivity contribution is 5.67. The molecule has 1 N–H and O–H groups in total. The maximum absolute atomic E-state index is 11.9. The third-order valence-electron chi connectivity index (χ3n) is 7.20. The molecule has 6 nitrogen and oxygen atoms in total. The lowest BCUT2D eigenvalue weighted by molar-refractivity contribution is 0.0148. The minimum absolute atomic E-state index is 0.117. The molecular formula is C31H54N2O4. The van der Waals surface area contributed by atoms with Crippen LogP contribution in [0.15, 0.2) is 24.4 Å². The Morgan fingerprint density at radius 1 is 0.892 bits per heavy atom. The Bertz CT molecular complexity index is 658. The summed E-state index contributed by atoms with van der Waals surface area (Å²) in [4.78, 5) is 16.1. The molecule has 1 saturated heterocycles. The summed E-state index contributed by atoms with van der Waals surface area (Å²) in [6.45, 7) is 5.12. The highest BCUT2D eigenvalue weighted by Gasteiger charge is 2.26. The first-order valence-electron chi connectivity index (χ1n) is 15.3. The fourth-order valence-corrected chi connectivity index (χ4v) is 4.89. The molecule has 6 heteroatoms. The maximum Gasteiger partial charge on any atom is 0.407 e. The number of aromatic nitrogens is 1. The Kier molecular flexibility index (Phi) is 19.0. The molecule has 1 aliphatic rings. The molecule has 0 aromatic carbocycles. The van der Waals surface area contributed by atoms with Crippen LogP contribution >= 0.6 is 0 Å². The zero-order valence-electron chi connectivity index (χ0n) is 23.6. The van der Waals surface area contributed by atoms with E-state index in [0.29, 0.717) is 26.4 Å². The summed E-state index contributed by atoms with van der Waals surface area (Å²) in [5.41, 5.74) is 0.810. The lowest BCUT2D eigenvalue weighted by Crippen LogP contribution is -2.26. The van der Waals surface area contributed by atoms with Crippen LogP contribution in [0, 0.1) is 5.92 Å². The molecule has 0 radical (unpaired) electrons. The van der Waals surface area contributed by atoms with Gasteiger partial charge in [-0.2, -0.15) is 0 Å². The van der Waals surface area contributed by atoms with Gasteiger partial charge in [-0.05, 0) is 25.0 Å². The molecule has 1 aromatic heterocycles. The van der Waals surface area contributed by atoms with Crippen LogP contribution in [-0.4, -0.2) is 43.6 Å². The van der Waals surface area contributed by atoms with E-state index in [1.54, 1.807) is 6.20 Å². The fraction of sp³-hybridized carbons (Fsp3) is 0.806. The van der Waals surface area contributed by atoms with Crippen LogP contribution < -0.4 is 5.32 Å². The van der Waals surface area contributed by atoms with Gasteiger partial charge in [-0.1, -0.05) is 109 Å². The molecule has 212 valence electrons. The van der Waals surface area contributed by atoms with E-state index in [4.69, 9.17) is 14.2 Å². The average Bonchev–Trinajstić information content (AvgIpc) is 3.38. The number of unbranched alkanes of at least 4 members (excludes halogenated alkanes) is 15. The first kappa shape index (κ1) is 31.6. The number of carbonyl (C=O) groups is 1. The average molecular weight is 519 g/mol. The van der Waals surface area contributed by atoms with Crippen LogP contribution in [0.3, 0.4) is 0 Å². The molecule has 1 amide bonds. The fourth-order valence-electron chi connectivity index (χ4n) is 4.89. The van der Waals surface area contributed by atoms with Gasteiger partial charge in [0.1, 0.15) is 0 Å². The lowest BCUT2D eigenvalue weighted by atomic mass is 10.0. The summed E-state index contributed by atoms with van der Waals surface area (Å²) in [6, 6.07) is 5.62. The van der Waals surface area contributed by atoms with Crippen molar-refractivity contribution in [1.82, 2.24) is 10.3 Å². The SMILES string of the molecule is CCCCCCCCCCCCCCCCCCOCC1CC(COC(=O)NCc2ccccn2)CO1. The Hall–Kier alpha value is -1.66. The molecule has 0 spiro atoms. The van der Waals surface area contributed by atoms with Crippen molar-refractivity contribution in [2.24, 2.45) is 5.92 Å². The zero-order chi connectivity index (χ0) is 26.2. The van der Waals surface area contributed by atoms with Crippen molar-refractivity contribution >= 4 is 6.09 Å². The molecule has 2 rings (SSSR count). The third-order valence-corrected chi connectivity index (χ3v) is 7.20. The number of hydrogen-bond donors (Lipinski definition) is 1. The van der Waals surface area contributed by atoms with Gasteiger partial charge in [0.05, 0.1) is 38.2 Å². The van der Waals surface area contributed by atoms with Gasteiger partial charge in [0.15, 0.2) is 0 Å². The molecular weight excluding hydrogens is 464 g/mol. The van der Waals surface area contributed by atoms with E-state index in [1.165, 1.54) is 96.3 Å². The van der Waals surface area contributed by atoms with Gasteiger partial charge in [0.2, 0.25) is 0 Å². The highest BCUT2D eigenvalue weighted by Crippen LogP contribution is 2.20. The van der Waals surface area contributed by atoms with E-state index >= 15 is 0 Å². The second-order valence-corrected chi connectivity index (χ2v) is 10.7. The highest BCUT2D eigenvalue weighted by atomic mass is 16.6. The van der Waals surface area contributed by atoms with E-state index in [1.807, 2.05) is 18.2 Å². The van der Waals surface area contributed by atoms with E-state index in [9.17, 15) is 4.79 Å². The Morgan fingerprint density at radius 2 is 1.51 bits per heavy atom. The summed E-state index contributed by atoms with van der Waals surface area (Å²) in [7, 11) is 0. The quantitative estimate of drug-likeness (QED) is 0.149. The Balaban J connectivity index is 1.29. The van der Waals surface area contributed by atoms with Crippen molar-refractivity contribution in [3.05, 3.63) is 30.1 Å². The van der Waals surface area contributed by atoms with Crippen molar-refractivity contribution in [2.75, 3.05) is 26.4 Å². The van der Waals surface area contributed by atoms with Gasteiger partial charge in [0.25, 0.3) is 0 Å². The molecule has 1 fully saturated rings. The first-order valence-corrected chi connectivity index (χ1v) is 15.3. The van der Waals surface area contributed by atoms with Gasteiger partial charge in [-0.25, -0.2) is 4.79 Å². The molecule has 2 heterocycles. The van der Waals surface area contributed by atoms with Gasteiger partial charge in [-0.15, -0.1) is 0 Å². The second kappa shape index (κ2) is 22.3. The number of pyridine rings is 1. The van der Waals surface area contributed by atoms with Crippen LogP contribution in [0.4, 0.5) is 4.79 Å². The molecule has 37 heavy (non-hydrogen) atoms. The van der Waals surface area contributed by atoms with Crippen LogP contribution in [0.2, 0.25) is 0 Å². The smallest absolute Gasteiger partial charge is 0.407 e. The minimum Gasteiger partial charge on any atom is -0.449 e. The van der Waals surface area contributed by atoms with Crippen LogP contribution in [0.5, 0.6) is 0 Å². The normalized spacial score (nSPS) is 17.2. The van der Waals surface area contributed by atoms with Gasteiger partial charge >= 0.3 is 6.09 Å². The number of nitrogens with one attached hydrogen (secondary N) is 1. The Morgan fingerprint density at radius 3 is 2.11 bits per heavy atom. The largest absolute Gasteiger partial charge is 0.449 e. The number of nitrogens with zero attached hydrogens (tertiary/aromatic N) is 1. The molecule has 1 aliphatic heterocycles. The monoisotopic (exact) mass is 518 g/mol. The summed E-state index contributed by atoms with van der Waals surface area (Å²) in [6.07, 6.45) is 24.4. The van der Waals surface area contributed by atoms with Gasteiger partial charge < -0.3 is 19.5 Å². The number of hydrogen-bond acceptors (Lipinski definition) is 5. The van der Waals surface area contributed by atoms with E-state index < -0.39 is 6.09 Å². The van der Waals surface area contributed by atoms with Crippen molar-refractivity contribution < 1.29 is 19.0 Å². The van der Waals surface area contributed by atoms with E-state index in [-0.39, 0.29) is 12.0 Å². The number of carbonyl (C=O) groups excluding carboxylic acids is 1. The number of rotatable bonds is 23. The summed E-state index contributed by atoms with van der Waals surface area (Å²) < 4.78 is 17.0. The van der Waals surface area contributed by atoms with Crippen molar-refractivity contribution in [1.29, 1.82) is 0 Å². The standard InChI is InChI=1S/C31H54N2O4/c1-2-3-4-5-6-7-8-9-10-11-12-13-14-15-16-19-22-35-27-30-23-28(25-36-30)26-37-31(34)33-24-29-20-17-18-21-32-29/h17-18,20-21,28,30H,2-16,19,22-27H2,1H3,(H,33,34). The van der Waals surface area contributed by atoms with E-state index in [2.05, 4.69) is 17.2 Å². The van der Waals surface area contributed by atoms with Crippen LogP contribution in [0.1, 0.15) is 122 Å². The van der Waals surface area contributed by atoms with Crippen molar-refractivity contribution in [3.63, 3.8) is 0 Å². The molecule has 0 saturated carbocycles. The maximum atomic E-state index is 11.9. The number of amides is 1. The molecule has 0 aliphatic carbocycles. The van der Waals surface area contributed by atoms with Crippen LogP contribution in [-0.2, 0) is 20.8 Å². The minimum atomic E-state index is -0.408. The third kappa shape index (κ3) is 17.5. The van der Waals surface area contributed by atoms with Crippen molar-refractivity contribution in [2.45, 2.75) is 129 Å². The number of ether oxygens (including phenoxy) is 3. The molecule has 0 bridgehead atoms. The van der Waals surface area contributed by atoms with Gasteiger partial charge in [0, 0.05) is 18.7 Å². The molecule has 1 aromatic rings. The predicted molar refractivity (Wildman–Crippen MR) is 151 cm³/mol. The van der Waals surface area contributed by atoms with Crippen LogP contribution in [0.25, 0.3) is 0 Å².